The Bertz CT molecular complexity index is 1230. The molecule has 5 aliphatic rings. The highest BCUT2D eigenvalue weighted by atomic mass is 16.5. The molecule has 37 heavy (non-hydrogen) atoms. The van der Waals surface area contributed by atoms with Crippen LogP contribution in [0.25, 0.3) is 5.70 Å². The molecule has 0 bridgehead atoms. The number of imidazole rings is 1. The zero-order valence-corrected chi connectivity index (χ0v) is 22.0. The lowest BCUT2D eigenvalue weighted by Gasteiger charge is -2.58. The number of allylic oxidation sites excluding steroid dienone is 3. The Morgan fingerprint density at radius 3 is 2.73 bits per heavy atom. The molecular formula is C29H37N5O3. The number of hydrogen-bond acceptors (Lipinski definition) is 5. The van der Waals surface area contributed by atoms with Gasteiger partial charge >= 0.3 is 12.0 Å². The Balaban J connectivity index is 1.17. The Morgan fingerprint density at radius 1 is 1.11 bits per heavy atom. The first-order chi connectivity index (χ1) is 17.8. The van der Waals surface area contributed by atoms with Gasteiger partial charge in [0.25, 0.3) is 0 Å². The second kappa shape index (κ2) is 8.99. The van der Waals surface area contributed by atoms with E-state index >= 15 is 0 Å². The number of carbonyl (C=O) groups excluding carboxylic acids is 2. The molecule has 1 aliphatic heterocycles. The number of rotatable bonds is 3. The minimum absolute atomic E-state index is 0.0295. The molecule has 8 heteroatoms. The van der Waals surface area contributed by atoms with Gasteiger partial charge in [0.15, 0.2) is 5.69 Å². The fraction of sp³-hybridized carbons (Fsp3) is 0.586. The van der Waals surface area contributed by atoms with E-state index < -0.39 is 5.97 Å². The van der Waals surface area contributed by atoms with E-state index in [0.29, 0.717) is 30.0 Å². The Hall–Kier alpha value is -3.16. The molecular weight excluding hydrogens is 466 g/mol. The number of nitrogens with zero attached hydrogens (tertiary/aromatic N) is 4. The highest BCUT2D eigenvalue weighted by molar-refractivity contribution is 5.87. The lowest BCUT2D eigenvalue weighted by Crippen LogP contribution is -2.52. The predicted molar refractivity (Wildman–Crippen MR) is 142 cm³/mol. The number of nitrogens with one attached hydrogen (secondary N) is 1. The zero-order valence-electron chi connectivity index (χ0n) is 22.0. The zero-order chi connectivity index (χ0) is 25.8. The Morgan fingerprint density at radius 2 is 1.95 bits per heavy atom. The molecule has 3 unspecified atom stereocenters. The summed E-state index contributed by atoms with van der Waals surface area (Å²) in [6.45, 7) is 5.43. The van der Waals surface area contributed by atoms with E-state index in [1.807, 2.05) is 6.20 Å². The molecule has 0 radical (unpaired) electrons. The molecule has 8 nitrogen and oxygen atoms in total. The molecule has 2 amide bonds. The molecule has 6 rings (SSSR count). The quantitative estimate of drug-likeness (QED) is 0.463. The predicted octanol–water partition coefficient (Wildman–Crippen LogP) is 5.02. The van der Waals surface area contributed by atoms with Gasteiger partial charge in [-0.1, -0.05) is 31.6 Å². The average Bonchev–Trinajstić information content (AvgIpc) is 3.53. The standard InChI is InChI=1S/C29H37N5O3/c1-28-10-8-20(32-27(36)33-14-12-30-13-15-33)16-19(28)4-5-21-22-6-7-25(29(22,2)11-9-23(21)28)34-17-24(31-18-34)26(35)37-3/h4,7,12-14,17-18,20-23H,5-6,8-11,15-16H2,1-3H3,(H,32,36)/t20-,21?,22?,23?,28-,29-/m0/s1. The van der Waals surface area contributed by atoms with Crippen LogP contribution in [0.4, 0.5) is 4.79 Å². The summed E-state index contributed by atoms with van der Waals surface area (Å²) in [5.41, 5.74) is 3.47. The maximum Gasteiger partial charge on any atom is 0.358 e. The van der Waals surface area contributed by atoms with Crippen LogP contribution in [0, 0.1) is 28.6 Å². The van der Waals surface area contributed by atoms with Crippen LogP contribution >= 0.6 is 0 Å². The molecule has 1 aromatic rings. The third-order valence-corrected chi connectivity index (χ3v) is 10.2. The summed E-state index contributed by atoms with van der Waals surface area (Å²) < 4.78 is 6.91. The van der Waals surface area contributed by atoms with Crippen LogP contribution in [0.2, 0.25) is 0 Å². The van der Waals surface area contributed by atoms with Gasteiger partial charge in [-0.3, -0.25) is 9.89 Å². The number of esters is 1. The highest BCUT2D eigenvalue weighted by Gasteiger charge is 2.57. The first-order valence-corrected chi connectivity index (χ1v) is 13.6. The largest absolute Gasteiger partial charge is 0.464 e. The van der Waals surface area contributed by atoms with Crippen molar-refractivity contribution in [1.29, 1.82) is 0 Å². The number of hydrogen-bond donors (Lipinski definition) is 1. The summed E-state index contributed by atoms with van der Waals surface area (Å²) in [6.07, 6.45) is 21.3. The number of ether oxygens (including phenoxy) is 1. The highest BCUT2D eigenvalue weighted by Crippen LogP contribution is 2.65. The second-order valence-corrected chi connectivity index (χ2v) is 11.9. The van der Waals surface area contributed by atoms with Crippen LogP contribution in [0.5, 0.6) is 0 Å². The van der Waals surface area contributed by atoms with Crippen molar-refractivity contribution in [2.75, 3.05) is 13.7 Å². The van der Waals surface area contributed by atoms with Gasteiger partial charge < -0.3 is 14.6 Å². The van der Waals surface area contributed by atoms with Crippen molar-refractivity contribution in [3.8, 4) is 0 Å². The van der Waals surface area contributed by atoms with Crippen molar-refractivity contribution in [3.63, 3.8) is 0 Å². The lowest BCUT2D eigenvalue weighted by atomic mass is 9.47. The maximum atomic E-state index is 12.7. The fourth-order valence-corrected chi connectivity index (χ4v) is 8.18. The first kappa shape index (κ1) is 24.2. The summed E-state index contributed by atoms with van der Waals surface area (Å²) in [6, 6.07) is 0.160. The minimum Gasteiger partial charge on any atom is -0.464 e. The minimum atomic E-state index is -0.395. The van der Waals surface area contributed by atoms with Crippen LogP contribution in [0.1, 0.15) is 69.3 Å². The summed E-state index contributed by atoms with van der Waals surface area (Å²) in [7, 11) is 1.39. The van der Waals surface area contributed by atoms with E-state index in [-0.39, 0.29) is 22.9 Å². The van der Waals surface area contributed by atoms with Crippen molar-refractivity contribution >= 4 is 23.9 Å². The van der Waals surface area contributed by atoms with Crippen molar-refractivity contribution in [1.82, 2.24) is 19.8 Å². The molecule has 0 saturated heterocycles. The van der Waals surface area contributed by atoms with Gasteiger partial charge in [0.1, 0.15) is 0 Å². The lowest BCUT2D eigenvalue weighted by molar-refractivity contribution is -0.0135. The number of carbonyl (C=O) groups is 2. The van der Waals surface area contributed by atoms with Gasteiger partial charge in [-0.25, -0.2) is 14.6 Å². The van der Waals surface area contributed by atoms with Gasteiger partial charge in [-0.05, 0) is 68.1 Å². The van der Waals surface area contributed by atoms with Crippen molar-refractivity contribution in [2.45, 2.75) is 64.8 Å². The molecule has 196 valence electrons. The molecule has 2 fully saturated rings. The van der Waals surface area contributed by atoms with Crippen LogP contribution < -0.4 is 5.32 Å². The number of aliphatic imine (C=N–C) groups is 1. The number of methoxy groups -OCH3 is 1. The maximum absolute atomic E-state index is 12.7. The number of urea groups is 1. The SMILES string of the molecule is COC(=O)c1cn(C2=CCC3C4CC=C5C[C@@H](NC(=O)N6C=CN=CC6)CC[C@]5(C)C4CC[C@]23C)cn1. The Labute approximate surface area is 218 Å². The van der Waals surface area contributed by atoms with E-state index in [1.54, 1.807) is 35.4 Å². The number of amides is 2. The van der Waals surface area contributed by atoms with Crippen molar-refractivity contribution in [2.24, 2.45) is 33.6 Å². The van der Waals surface area contributed by atoms with E-state index in [0.717, 1.165) is 38.5 Å². The summed E-state index contributed by atoms with van der Waals surface area (Å²) >= 11 is 0. The van der Waals surface area contributed by atoms with Gasteiger partial charge in [0.05, 0.1) is 20.0 Å². The smallest absolute Gasteiger partial charge is 0.358 e. The van der Waals surface area contributed by atoms with E-state index in [4.69, 9.17) is 4.74 Å². The fourth-order valence-electron chi connectivity index (χ4n) is 8.18. The summed E-state index contributed by atoms with van der Waals surface area (Å²) in [5.74, 6) is 1.51. The summed E-state index contributed by atoms with van der Waals surface area (Å²) in [5, 5.41) is 3.28. The van der Waals surface area contributed by atoms with Crippen LogP contribution in [0.3, 0.4) is 0 Å². The van der Waals surface area contributed by atoms with Crippen LogP contribution in [-0.2, 0) is 4.74 Å². The normalized spacial score (nSPS) is 36.1. The molecule has 2 heterocycles. The average molecular weight is 504 g/mol. The molecule has 2 saturated carbocycles. The van der Waals surface area contributed by atoms with E-state index in [1.165, 1.54) is 19.2 Å². The molecule has 0 aromatic carbocycles. The Kier molecular flexibility index (Phi) is 5.88. The van der Waals surface area contributed by atoms with Crippen molar-refractivity contribution in [3.05, 3.63) is 48.3 Å². The second-order valence-electron chi connectivity index (χ2n) is 11.9. The van der Waals surface area contributed by atoms with Gasteiger partial charge in [0.2, 0.25) is 0 Å². The van der Waals surface area contributed by atoms with Gasteiger partial charge in [0, 0.05) is 42.0 Å². The monoisotopic (exact) mass is 503 g/mol. The van der Waals surface area contributed by atoms with Gasteiger partial charge in [-0.15, -0.1) is 0 Å². The van der Waals surface area contributed by atoms with Crippen LogP contribution in [-0.4, -0.2) is 52.4 Å². The summed E-state index contributed by atoms with van der Waals surface area (Å²) in [4.78, 5) is 34.8. The third kappa shape index (κ3) is 3.87. The topological polar surface area (TPSA) is 88.8 Å². The molecule has 0 spiro atoms. The van der Waals surface area contributed by atoms with Crippen LogP contribution in [0.15, 0.2) is 47.6 Å². The van der Waals surface area contributed by atoms with Crippen molar-refractivity contribution < 1.29 is 14.3 Å². The molecule has 4 aliphatic carbocycles. The molecule has 6 atom stereocenters. The molecule has 1 N–H and O–H groups in total. The molecule has 1 aromatic heterocycles. The number of aromatic nitrogens is 2. The van der Waals surface area contributed by atoms with E-state index in [2.05, 4.69) is 45.9 Å². The van der Waals surface area contributed by atoms with E-state index in [9.17, 15) is 9.59 Å². The first-order valence-electron chi connectivity index (χ1n) is 13.6. The third-order valence-electron chi connectivity index (χ3n) is 10.2. The number of fused-ring (bicyclic) bond motifs is 5. The van der Waals surface area contributed by atoms with Gasteiger partial charge in [-0.2, -0.15) is 0 Å².